The minimum absolute atomic E-state index is 0.251. The van der Waals surface area contributed by atoms with Gasteiger partial charge in [0.25, 0.3) is 5.91 Å². The Balaban J connectivity index is 1.13. The first kappa shape index (κ1) is 22.9. The second-order valence-corrected chi connectivity index (χ2v) is 9.07. The molecule has 3 heterocycles. The molecule has 8 nitrogen and oxygen atoms in total. The molecule has 5 aromatic rings. The largest absolute Gasteiger partial charge is 0.355 e. The number of nitrogens with one attached hydrogen (secondary N) is 1. The van der Waals surface area contributed by atoms with Gasteiger partial charge in [-0.05, 0) is 23.8 Å². The number of amides is 1. The summed E-state index contributed by atoms with van der Waals surface area (Å²) in [6.07, 6.45) is 1.50. The zero-order chi connectivity index (χ0) is 25.0. The third-order valence-corrected chi connectivity index (χ3v) is 6.61. The third-order valence-electron chi connectivity index (χ3n) is 6.61. The Morgan fingerprint density at radius 2 is 1.62 bits per heavy atom. The molecule has 6 rings (SSSR count). The van der Waals surface area contributed by atoms with E-state index in [4.69, 9.17) is 4.52 Å². The summed E-state index contributed by atoms with van der Waals surface area (Å²) in [4.78, 5) is 26.5. The zero-order valence-corrected chi connectivity index (χ0v) is 20.2. The Morgan fingerprint density at radius 1 is 0.865 bits per heavy atom. The Hall–Kier alpha value is -4.56. The van der Waals surface area contributed by atoms with E-state index in [9.17, 15) is 4.79 Å². The number of carbonyl (C=O) groups is 1. The van der Waals surface area contributed by atoms with Crippen molar-refractivity contribution >= 4 is 28.4 Å². The number of piperazine rings is 1. The molecule has 1 aliphatic heterocycles. The van der Waals surface area contributed by atoms with Gasteiger partial charge in [-0.1, -0.05) is 65.8 Å². The summed E-state index contributed by atoms with van der Waals surface area (Å²) < 4.78 is 5.57. The van der Waals surface area contributed by atoms with E-state index in [1.54, 1.807) is 18.2 Å². The number of aromatic nitrogens is 3. The van der Waals surface area contributed by atoms with Crippen LogP contribution in [0.4, 0.5) is 11.6 Å². The molecule has 1 N–H and O–H groups in total. The van der Waals surface area contributed by atoms with Gasteiger partial charge in [0.2, 0.25) is 0 Å². The van der Waals surface area contributed by atoms with Crippen molar-refractivity contribution in [3.8, 4) is 11.3 Å². The second kappa shape index (κ2) is 10.2. The van der Waals surface area contributed by atoms with Crippen LogP contribution in [0.2, 0.25) is 0 Å². The van der Waals surface area contributed by atoms with Crippen molar-refractivity contribution < 1.29 is 9.32 Å². The lowest BCUT2D eigenvalue weighted by atomic mass is 10.1. The number of rotatable bonds is 6. The molecule has 37 heavy (non-hydrogen) atoms. The molecular formula is C29H26N6O2. The first-order valence-corrected chi connectivity index (χ1v) is 12.3. The van der Waals surface area contributed by atoms with Crippen molar-refractivity contribution in [2.45, 2.75) is 6.54 Å². The molecule has 0 atom stereocenters. The molecule has 8 heteroatoms. The van der Waals surface area contributed by atoms with Crippen molar-refractivity contribution in [1.29, 1.82) is 0 Å². The van der Waals surface area contributed by atoms with E-state index in [-0.39, 0.29) is 5.91 Å². The summed E-state index contributed by atoms with van der Waals surface area (Å²) >= 11 is 0. The van der Waals surface area contributed by atoms with E-state index in [0.717, 1.165) is 49.5 Å². The lowest BCUT2D eigenvalue weighted by molar-refractivity contribution is 0.102. The normalized spacial score (nSPS) is 14.1. The maximum atomic E-state index is 13.1. The Bertz CT molecular complexity index is 1510. The lowest BCUT2D eigenvalue weighted by Gasteiger charge is -2.35. The minimum Gasteiger partial charge on any atom is -0.355 e. The molecule has 1 aliphatic rings. The molecule has 0 aliphatic carbocycles. The number of fused-ring (bicyclic) bond motifs is 1. The van der Waals surface area contributed by atoms with Crippen LogP contribution in [0, 0.1) is 0 Å². The van der Waals surface area contributed by atoms with Crippen LogP contribution < -0.4 is 10.2 Å². The molecule has 0 spiro atoms. The number of carbonyl (C=O) groups excluding carboxylic acids is 1. The van der Waals surface area contributed by atoms with Crippen LogP contribution in [0.25, 0.3) is 22.2 Å². The number of benzene rings is 3. The third kappa shape index (κ3) is 5.05. The van der Waals surface area contributed by atoms with Gasteiger partial charge < -0.3 is 14.7 Å². The van der Waals surface area contributed by atoms with Crippen molar-refractivity contribution in [1.82, 2.24) is 20.0 Å². The van der Waals surface area contributed by atoms with Crippen molar-refractivity contribution in [3.05, 3.63) is 102 Å². The van der Waals surface area contributed by atoms with Gasteiger partial charge >= 0.3 is 0 Å². The molecular weight excluding hydrogens is 464 g/mol. The van der Waals surface area contributed by atoms with Crippen molar-refractivity contribution in [2.75, 3.05) is 36.4 Å². The summed E-state index contributed by atoms with van der Waals surface area (Å²) in [5.41, 5.74) is 3.43. The monoisotopic (exact) mass is 490 g/mol. The highest BCUT2D eigenvalue weighted by molar-refractivity contribution is 6.07. The quantitative estimate of drug-likeness (QED) is 0.364. The Morgan fingerprint density at radius 3 is 2.41 bits per heavy atom. The predicted octanol–water partition coefficient (Wildman–Crippen LogP) is 4.86. The number of nitrogens with zero attached hydrogens (tertiary/aromatic N) is 5. The van der Waals surface area contributed by atoms with E-state index >= 15 is 0 Å². The van der Waals surface area contributed by atoms with Crippen LogP contribution in [0.5, 0.6) is 0 Å². The molecule has 0 radical (unpaired) electrons. The van der Waals surface area contributed by atoms with Crippen molar-refractivity contribution in [2.24, 2.45) is 0 Å². The first-order chi connectivity index (χ1) is 18.2. The number of anilines is 2. The highest BCUT2D eigenvalue weighted by Crippen LogP contribution is 2.29. The van der Waals surface area contributed by atoms with Gasteiger partial charge in [-0.2, -0.15) is 0 Å². The van der Waals surface area contributed by atoms with Crippen molar-refractivity contribution in [3.63, 3.8) is 0 Å². The maximum Gasteiger partial charge on any atom is 0.256 e. The van der Waals surface area contributed by atoms with E-state index in [0.29, 0.717) is 22.7 Å². The van der Waals surface area contributed by atoms with E-state index in [2.05, 4.69) is 54.5 Å². The summed E-state index contributed by atoms with van der Waals surface area (Å²) in [6.45, 7) is 4.57. The maximum absolute atomic E-state index is 13.1. The van der Waals surface area contributed by atoms with E-state index in [1.165, 1.54) is 11.9 Å². The summed E-state index contributed by atoms with van der Waals surface area (Å²) in [5.74, 6) is 1.67. The molecule has 3 aromatic carbocycles. The average molecular weight is 491 g/mol. The van der Waals surface area contributed by atoms with Crippen LogP contribution in [-0.2, 0) is 6.54 Å². The summed E-state index contributed by atoms with van der Waals surface area (Å²) in [7, 11) is 0. The molecule has 1 fully saturated rings. The molecule has 0 saturated carbocycles. The zero-order valence-electron chi connectivity index (χ0n) is 20.2. The summed E-state index contributed by atoms with van der Waals surface area (Å²) in [5, 5.41) is 7.84. The van der Waals surface area contributed by atoms with Crippen LogP contribution in [-0.4, -0.2) is 52.1 Å². The van der Waals surface area contributed by atoms with Gasteiger partial charge in [0, 0.05) is 49.9 Å². The van der Waals surface area contributed by atoms with Gasteiger partial charge in [0.1, 0.15) is 23.5 Å². The van der Waals surface area contributed by atoms with E-state index < -0.39 is 0 Å². The minimum atomic E-state index is -0.251. The fourth-order valence-electron chi connectivity index (χ4n) is 4.63. The summed E-state index contributed by atoms with van der Waals surface area (Å²) in [6, 6.07) is 27.4. The van der Waals surface area contributed by atoms with Crippen LogP contribution in [0.3, 0.4) is 0 Å². The van der Waals surface area contributed by atoms with Gasteiger partial charge in [-0.15, -0.1) is 0 Å². The standard InChI is InChI=1S/C29H26N6O2/c36-29(23-11-12-25-24(17-23)28(37-33-25)22-9-5-2-6-10-22)32-26-18-27(31-20-30-26)35-15-13-34(14-16-35)19-21-7-3-1-4-8-21/h1-12,17-18,20H,13-16,19H2,(H,30,31,32,36). The SMILES string of the molecule is O=C(Nc1cc(N2CCN(Cc3ccccc3)CC2)ncn1)c1ccc2noc(-c3ccccc3)c2c1. The molecule has 184 valence electrons. The van der Waals surface area contributed by atoms with Gasteiger partial charge in [0.05, 0.1) is 5.39 Å². The number of hydrogen-bond donors (Lipinski definition) is 1. The Kier molecular flexibility index (Phi) is 6.31. The first-order valence-electron chi connectivity index (χ1n) is 12.3. The second-order valence-electron chi connectivity index (χ2n) is 9.07. The van der Waals surface area contributed by atoms with Crippen LogP contribution in [0.1, 0.15) is 15.9 Å². The van der Waals surface area contributed by atoms with Crippen LogP contribution in [0.15, 0.2) is 95.8 Å². The highest BCUT2D eigenvalue weighted by Gasteiger charge is 2.19. The predicted molar refractivity (Wildman–Crippen MR) is 143 cm³/mol. The molecule has 2 aromatic heterocycles. The van der Waals surface area contributed by atoms with Gasteiger partial charge in [-0.3, -0.25) is 9.69 Å². The van der Waals surface area contributed by atoms with E-state index in [1.807, 2.05) is 42.5 Å². The average Bonchev–Trinajstić information content (AvgIpc) is 3.38. The van der Waals surface area contributed by atoms with Gasteiger partial charge in [0.15, 0.2) is 5.76 Å². The Labute approximate surface area is 214 Å². The molecule has 1 saturated heterocycles. The van der Waals surface area contributed by atoms with Crippen LogP contribution >= 0.6 is 0 Å². The topological polar surface area (TPSA) is 87.4 Å². The smallest absolute Gasteiger partial charge is 0.256 e. The molecule has 0 bridgehead atoms. The highest BCUT2D eigenvalue weighted by atomic mass is 16.5. The fourth-order valence-corrected chi connectivity index (χ4v) is 4.63. The molecule has 1 amide bonds. The lowest BCUT2D eigenvalue weighted by Crippen LogP contribution is -2.46. The number of hydrogen-bond acceptors (Lipinski definition) is 7. The van der Waals surface area contributed by atoms with Gasteiger partial charge in [-0.25, -0.2) is 9.97 Å². The molecule has 0 unspecified atom stereocenters. The fraction of sp³-hybridized carbons (Fsp3) is 0.172.